The molecule has 1 aliphatic carbocycles. The molecule has 3 rings (SSSR count). The average Bonchev–Trinajstić information content (AvgIpc) is 2.96. The van der Waals surface area contributed by atoms with Crippen LogP contribution in [-0.4, -0.2) is 12.1 Å². The number of aromatic nitrogens is 1. The van der Waals surface area contributed by atoms with E-state index < -0.39 is 0 Å². The lowest BCUT2D eigenvalue weighted by molar-refractivity contribution is 0.415. The van der Waals surface area contributed by atoms with Crippen LogP contribution in [-0.2, 0) is 12.8 Å². The van der Waals surface area contributed by atoms with Crippen LogP contribution in [0.4, 0.5) is 0 Å². The molecule has 0 N–H and O–H groups in total. The van der Waals surface area contributed by atoms with Gasteiger partial charge in [0.2, 0.25) is 0 Å². The molecule has 0 spiro atoms. The lowest BCUT2D eigenvalue weighted by atomic mass is 9.93. The molecule has 4 heteroatoms. The predicted octanol–water partition coefficient (Wildman–Crippen LogP) is 4.34. The first-order valence-electron chi connectivity index (χ1n) is 7.44. The second kappa shape index (κ2) is 6.33. The number of nitriles is 1. The summed E-state index contributed by atoms with van der Waals surface area (Å²) in [5, 5.41) is 10.3. The Hall–Kier alpha value is -2.12. The van der Waals surface area contributed by atoms with Crippen molar-refractivity contribution < 1.29 is 4.74 Å². The third-order valence-electron chi connectivity index (χ3n) is 3.96. The highest BCUT2D eigenvalue weighted by molar-refractivity contribution is 7.13. The van der Waals surface area contributed by atoms with Gasteiger partial charge in [0.1, 0.15) is 16.8 Å². The summed E-state index contributed by atoms with van der Waals surface area (Å²) in [6.07, 6.45) is 5.22. The predicted molar refractivity (Wildman–Crippen MR) is 89.8 cm³/mol. The van der Waals surface area contributed by atoms with Gasteiger partial charge in [-0.2, -0.15) is 5.26 Å². The number of allylic oxidation sites excluding steroid dienone is 1. The minimum Gasteiger partial charge on any atom is -0.497 e. The van der Waals surface area contributed by atoms with Crippen molar-refractivity contribution in [2.75, 3.05) is 7.11 Å². The first-order valence-corrected chi connectivity index (χ1v) is 8.26. The molecule has 0 fully saturated rings. The van der Waals surface area contributed by atoms with Crippen LogP contribution in [0, 0.1) is 17.2 Å². The Morgan fingerprint density at radius 1 is 1.41 bits per heavy atom. The van der Waals surface area contributed by atoms with Gasteiger partial charge < -0.3 is 4.74 Å². The van der Waals surface area contributed by atoms with Gasteiger partial charge in [-0.25, -0.2) is 4.98 Å². The Morgan fingerprint density at radius 3 is 2.86 bits per heavy atom. The Bertz CT molecular complexity index is 737. The van der Waals surface area contributed by atoms with Gasteiger partial charge in [0.05, 0.1) is 18.4 Å². The summed E-state index contributed by atoms with van der Waals surface area (Å²) in [7, 11) is 1.65. The van der Waals surface area contributed by atoms with Gasteiger partial charge in [-0.15, -0.1) is 11.3 Å². The number of hydrogen-bond donors (Lipinski definition) is 0. The largest absolute Gasteiger partial charge is 0.497 e. The molecule has 0 saturated heterocycles. The molecule has 22 heavy (non-hydrogen) atoms. The number of methoxy groups -OCH3 is 1. The number of hydrogen-bond acceptors (Lipinski definition) is 4. The average molecular weight is 310 g/mol. The molecule has 1 aliphatic rings. The van der Waals surface area contributed by atoms with Crippen LogP contribution < -0.4 is 4.74 Å². The van der Waals surface area contributed by atoms with Crippen molar-refractivity contribution in [2.45, 2.75) is 26.2 Å². The molecule has 1 atom stereocenters. The van der Waals surface area contributed by atoms with E-state index >= 15 is 0 Å². The molecule has 0 radical (unpaired) electrons. The summed E-state index contributed by atoms with van der Waals surface area (Å²) in [5.74, 6) is 1.53. The quantitative estimate of drug-likeness (QED) is 0.792. The molecular weight excluding hydrogens is 292 g/mol. The number of aryl methyl sites for hydroxylation is 1. The lowest BCUT2D eigenvalue weighted by Crippen LogP contribution is -2.09. The maximum atomic E-state index is 9.48. The highest BCUT2D eigenvalue weighted by atomic mass is 32.1. The molecule has 1 heterocycles. The second-order valence-electron chi connectivity index (χ2n) is 5.68. The van der Waals surface area contributed by atoms with E-state index in [0.717, 1.165) is 35.1 Å². The molecule has 112 valence electrons. The topological polar surface area (TPSA) is 45.9 Å². The Balaban J connectivity index is 1.90. The van der Waals surface area contributed by atoms with E-state index in [1.165, 1.54) is 17.0 Å². The van der Waals surface area contributed by atoms with Crippen molar-refractivity contribution in [3.8, 4) is 11.8 Å². The summed E-state index contributed by atoms with van der Waals surface area (Å²) in [4.78, 5) is 6.04. The Labute approximate surface area is 134 Å². The van der Waals surface area contributed by atoms with Crippen LogP contribution in [0.2, 0.25) is 0 Å². The third-order valence-corrected chi connectivity index (χ3v) is 5.12. The van der Waals surface area contributed by atoms with Crippen molar-refractivity contribution in [3.05, 3.63) is 45.4 Å². The molecule has 0 amide bonds. The van der Waals surface area contributed by atoms with Gasteiger partial charge in [-0.3, -0.25) is 0 Å². The SMILES string of the molecule is COc1ccc(/C=C(\C#N)c2nc3c(s2)C[C@H](C)CC3)cc1. The van der Waals surface area contributed by atoms with Crippen molar-refractivity contribution in [1.82, 2.24) is 4.98 Å². The minimum atomic E-state index is 0.636. The van der Waals surface area contributed by atoms with Gasteiger partial charge in [0.25, 0.3) is 0 Å². The molecule has 2 aromatic rings. The minimum absolute atomic E-state index is 0.636. The summed E-state index contributed by atoms with van der Waals surface area (Å²) < 4.78 is 5.15. The normalized spacial score (nSPS) is 17.7. The maximum absolute atomic E-state index is 9.48. The summed E-state index contributed by atoms with van der Waals surface area (Å²) in [6.45, 7) is 2.28. The fourth-order valence-electron chi connectivity index (χ4n) is 2.66. The van der Waals surface area contributed by atoms with Crippen LogP contribution in [0.3, 0.4) is 0 Å². The number of nitrogens with zero attached hydrogens (tertiary/aromatic N) is 2. The van der Waals surface area contributed by atoms with E-state index in [-0.39, 0.29) is 0 Å². The van der Waals surface area contributed by atoms with Crippen LogP contribution in [0.15, 0.2) is 24.3 Å². The molecular formula is C18H18N2OS. The monoisotopic (exact) mass is 310 g/mol. The highest BCUT2D eigenvalue weighted by Gasteiger charge is 2.20. The van der Waals surface area contributed by atoms with Crippen molar-refractivity contribution in [1.29, 1.82) is 5.26 Å². The van der Waals surface area contributed by atoms with E-state index in [1.54, 1.807) is 18.4 Å². The van der Waals surface area contributed by atoms with E-state index in [9.17, 15) is 5.26 Å². The first kappa shape index (κ1) is 14.8. The fraction of sp³-hybridized carbons (Fsp3) is 0.333. The zero-order valence-corrected chi connectivity index (χ0v) is 13.6. The smallest absolute Gasteiger partial charge is 0.134 e. The fourth-order valence-corrected chi connectivity index (χ4v) is 3.90. The van der Waals surface area contributed by atoms with Gasteiger partial charge in [0, 0.05) is 4.88 Å². The first-order chi connectivity index (χ1) is 10.7. The Morgan fingerprint density at radius 2 is 2.18 bits per heavy atom. The van der Waals surface area contributed by atoms with Gasteiger partial charge >= 0.3 is 0 Å². The molecule has 1 aromatic carbocycles. The van der Waals surface area contributed by atoms with E-state index in [1.807, 2.05) is 30.3 Å². The summed E-state index contributed by atoms with van der Waals surface area (Å²) in [5.41, 5.74) is 2.81. The molecule has 0 bridgehead atoms. The molecule has 1 aromatic heterocycles. The van der Waals surface area contributed by atoms with Gasteiger partial charge in [-0.05, 0) is 49.0 Å². The highest BCUT2D eigenvalue weighted by Crippen LogP contribution is 2.33. The number of thiazole rings is 1. The zero-order valence-electron chi connectivity index (χ0n) is 12.8. The number of rotatable bonds is 3. The lowest BCUT2D eigenvalue weighted by Gasteiger charge is -2.15. The van der Waals surface area contributed by atoms with Crippen LogP contribution in [0.1, 0.15) is 34.5 Å². The molecule has 0 aliphatic heterocycles. The maximum Gasteiger partial charge on any atom is 0.134 e. The third kappa shape index (κ3) is 3.05. The van der Waals surface area contributed by atoms with Crippen LogP contribution in [0.5, 0.6) is 5.75 Å². The van der Waals surface area contributed by atoms with Crippen molar-refractivity contribution in [3.63, 3.8) is 0 Å². The molecule has 0 saturated carbocycles. The van der Waals surface area contributed by atoms with E-state index in [2.05, 4.69) is 18.0 Å². The molecule has 0 unspecified atom stereocenters. The van der Waals surface area contributed by atoms with Gasteiger partial charge in [-0.1, -0.05) is 19.1 Å². The Kier molecular flexibility index (Phi) is 4.26. The zero-order chi connectivity index (χ0) is 15.5. The standard InChI is InChI=1S/C18H18N2OS/c1-12-3-8-16-17(9-12)22-18(20-16)14(11-19)10-13-4-6-15(21-2)7-5-13/h4-7,10,12H,3,8-9H2,1-2H3/b14-10+/t12-/m1/s1. The van der Waals surface area contributed by atoms with Crippen LogP contribution in [0.25, 0.3) is 11.6 Å². The molecule has 3 nitrogen and oxygen atoms in total. The van der Waals surface area contributed by atoms with E-state index in [4.69, 9.17) is 4.74 Å². The summed E-state index contributed by atoms with van der Waals surface area (Å²) >= 11 is 1.67. The van der Waals surface area contributed by atoms with E-state index in [0.29, 0.717) is 5.57 Å². The van der Waals surface area contributed by atoms with Crippen LogP contribution >= 0.6 is 11.3 Å². The number of ether oxygens (including phenoxy) is 1. The second-order valence-corrected chi connectivity index (χ2v) is 6.76. The number of fused-ring (bicyclic) bond motifs is 1. The summed E-state index contributed by atoms with van der Waals surface area (Å²) in [6, 6.07) is 9.99. The van der Waals surface area contributed by atoms with Crippen molar-refractivity contribution in [2.24, 2.45) is 5.92 Å². The van der Waals surface area contributed by atoms with Gasteiger partial charge in [0.15, 0.2) is 0 Å². The number of benzene rings is 1. The van der Waals surface area contributed by atoms with Crippen molar-refractivity contribution >= 4 is 23.0 Å².